The largest absolute Gasteiger partial charge is 0.480 e. The average Bonchev–Trinajstić information content (AvgIpc) is 3.11. The molecule has 2 aromatic rings. The van der Waals surface area contributed by atoms with Gasteiger partial charge in [0.25, 0.3) is 0 Å². The van der Waals surface area contributed by atoms with Gasteiger partial charge in [-0.05, 0) is 35.1 Å². The third-order valence-electron chi connectivity index (χ3n) is 5.95. The summed E-state index contributed by atoms with van der Waals surface area (Å²) < 4.78 is 5.58. The number of carboxylic acids is 1. The number of benzene rings is 2. The summed E-state index contributed by atoms with van der Waals surface area (Å²) in [4.78, 5) is 36.2. The van der Waals surface area contributed by atoms with E-state index in [0.717, 1.165) is 28.7 Å². The van der Waals surface area contributed by atoms with Gasteiger partial charge in [-0.25, -0.2) is 9.59 Å². The topological polar surface area (TPSA) is 105 Å². The second-order valence-electron chi connectivity index (χ2n) is 8.41. The summed E-state index contributed by atoms with van der Waals surface area (Å²) in [6.45, 7) is 4.02. The summed E-state index contributed by atoms with van der Waals surface area (Å²) in [5.41, 5.74) is 4.57. The standard InChI is InChI=1S/C26H32N2O5/c1-3-9-17(15-24(29)28-23(10-4-2)25(30)31)27-26(32)33-16-22-20-13-7-5-11-18(20)19-12-6-8-14-21(19)22/h5-8,11-14,17,22-23H,3-4,9-10,15-16H2,1-2H3,(H,27,32)(H,28,29)(H,30,31)/t17-,23-/m1/s1. The maximum absolute atomic E-state index is 12.6. The van der Waals surface area contributed by atoms with Crippen LogP contribution in [0.4, 0.5) is 4.79 Å². The molecule has 0 aromatic heterocycles. The number of fused-ring (bicyclic) bond motifs is 3. The van der Waals surface area contributed by atoms with E-state index in [1.807, 2.05) is 38.1 Å². The van der Waals surface area contributed by atoms with Gasteiger partial charge in [-0.15, -0.1) is 0 Å². The molecular formula is C26H32N2O5. The minimum atomic E-state index is -1.05. The number of aliphatic carboxylic acids is 1. The highest BCUT2D eigenvalue weighted by Gasteiger charge is 2.29. The Labute approximate surface area is 194 Å². The van der Waals surface area contributed by atoms with Crippen LogP contribution in [0.25, 0.3) is 11.1 Å². The van der Waals surface area contributed by atoms with Crippen LogP contribution in [0.3, 0.4) is 0 Å². The highest BCUT2D eigenvalue weighted by molar-refractivity contribution is 5.84. The molecule has 0 bridgehead atoms. The smallest absolute Gasteiger partial charge is 0.407 e. The molecule has 2 amide bonds. The first-order valence-electron chi connectivity index (χ1n) is 11.6. The predicted molar refractivity (Wildman–Crippen MR) is 126 cm³/mol. The molecule has 1 aliphatic rings. The quantitative estimate of drug-likeness (QED) is 0.467. The Morgan fingerprint density at radius 2 is 1.48 bits per heavy atom. The van der Waals surface area contributed by atoms with Crippen molar-refractivity contribution in [1.82, 2.24) is 10.6 Å². The molecule has 176 valence electrons. The molecule has 2 aromatic carbocycles. The number of carbonyl (C=O) groups excluding carboxylic acids is 2. The van der Waals surface area contributed by atoms with Crippen LogP contribution in [-0.2, 0) is 14.3 Å². The van der Waals surface area contributed by atoms with Crippen molar-refractivity contribution in [2.75, 3.05) is 6.61 Å². The van der Waals surface area contributed by atoms with Gasteiger partial charge in [0.15, 0.2) is 0 Å². The molecule has 0 spiro atoms. The predicted octanol–water partition coefficient (Wildman–Crippen LogP) is 4.45. The molecule has 0 saturated carbocycles. The molecule has 0 fully saturated rings. The average molecular weight is 453 g/mol. The van der Waals surface area contributed by atoms with Crippen molar-refractivity contribution >= 4 is 18.0 Å². The van der Waals surface area contributed by atoms with Crippen molar-refractivity contribution in [3.63, 3.8) is 0 Å². The number of amides is 2. The van der Waals surface area contributed by atoms with E-state index in [2.05, 4.69) is 34.9 Å². The lowest BCUT2D eigenvalue weighted by atomic mass is 9.98. The molecule has 7 nitrogen and oxygen atoms in total. The van der Waals surface area contributed by atoms with Crippen LogP contribution in [0, 0.1) is 0 Å². The highest BCUT2D eigenvalue weighted by Crippen LogP contribution is 2.44. The second-order valence-corrected chi connectivity index (χ2v) is 8.41. The number of alkyl carbamates (subject to hydrolysis) is 1. The SMILES string of the molecule is CCC[C@H](CC(=O)N[C@H](CCC)C(=O)O)NC(=O)OCC1c2ccccc2-c2ccccc21. The number of nitrogens with one attached hydrogen (secondary N) is 2. The van der Waals surface area contributed by atoms with Crippen molar-refractivity contribution in [3.8, 4) is 11.1 Å². The zero-order valence-corrected chi connectivity index (χ0v) is 19.2. The Kier molecular flexibility index (Phi) is 8.46. The molecule has 0 unspecified atom stereocenters. The van der Waals surface area contributed by atoms with E-state index in [1.165, 1.54) is 0 Å². The summed E-state index contributed by atoms with van der Waals surface area (Å²) in [6, 6.07) is 14.9. The van der Waals surface area contributed by atoms with Gasteiger partial charge >= 0.3 is 12.1 Å². The number of hydrogen-bond acceptors (Lipinski definition) is 4. The van der Waals surface area contributed by atoms with Crippen LogP contribution in [0.1, 0.15) is 63.0 Å². The number of carbonyl (C=O) groups is 3. The fourth-order valence-corrected chi connectivity index (χ4v) is 4.40. The summed E-state index contributed by atoms with van der Waals surface area (Å²) in [7, 11) is 0. The number of rotatable bonds is 11. The zero-order chi connectivity index (χ0) is 23.8. The lowest BCUT2D eigenvalue weighted by Crippen LogP contribution is -2.44. The first-order chi connectivity index (χ1) is 15.9. The van der Waals surface area contributed by atoms with E-state index >= 15 is 0 Å². The van der Waals surface area contributed by atoms with Crippen molar-refractivity contribution < 1.29 is 24.2 Å². The van der Waals surface area contributed by atoms with Gasteiger partial charge in [-0.3, -0.25) is 4.79 Å². The summed E-state index contributed by atoms with van der Waals surface area (Å²) >= 11 is 0. The fraction of sp³-hybridized carbons (Fsp3) is 0.423. The Morgan fingerprint density at radius 1 is 0.909 bits per heavy atom. The van der Waals surface area contributed by atoms with Gasteiger partial charge in [-0.1, -0.05) is 75.2 Å². The van der Waals surface area contributed by atoms with Crippen LogP contribution in [0.5, 0.6) is 0 Å². The number of hydrogen-bond donors (Lipinski definition) is 3. The molecule has 33 heavy (non-hydrogen) atoms. The normalized spacial score (nSPS) is 14.0. The molecule has 3 rings (SSSR count). The maximum atomic E-state index is 12.6. The van der Waals surface area contributed by atoms with E-state index < -0.39 is 30.1 Å². The molecule has 0 radical (unpaired) electrons. The lowest BCUT2D eigenvalue weighted by molar-refractivity contribution is -0.142. The highest BCUT2D eigenvalue weighted by atomic mass is 16.5. The molecular weight excluding hydrogens is 420 g/mol. The monoisotopic (exact) mass is 452 g/mol. The molecule has 0 heterocycles. The van der Waals surface area contributed by atoms with Crippen molar-refractivity contribution in [1.29, 1.82) is 0 Å². The van der Waals surface area contributed by atoms with Gasteiger partial charge in [0.1, 0.15) is 12.6 Å². The van der Waals surface area contributed by atoms with Crippen LogP contribution in [-0.4, -0.2) is 41.8 Å². The van der Waals surface area contributed by atoms with Crippen molar-refractivity contribution in [3.05, 3.63) is 59.7 Å². The van der Waals surface area contributed by atoms with Gasteiger partial charge in [0.2, 0.25) is 5.91 Å². The zero-order valence-electron chi connectivity index (χ0n) is 19.2. The minimum absolute atomic E-state index is 0.00549. The van der Waals surface area contributed by atoms with Crippen LogP contribution in [0.2, 0.25) is 0 Å². The second kappa shape index (κ2) is 11.5. The Balaban J connectivity index is 1.58. The Morgan fingerprint density at radius 3 is 2.03 bits per heavy atom. The lowest BCUT2D eigenvalue weighted by Gasteiger charge is -2.20. The molecule has 0 aliphatic heterocycles. The summed E-state index contributed by atoms with van der Waals surface area (Å²) in [5, 5.41) is 14.6. The van der Waals surface area contributed by atoms with Gasteiger partial charge in [0.05, 0.1) is 0 Å². The van der Waals surface area contributed by atoms with Crippen LogP contribution >= 0.6 is 0 Å². The van der Waals surface area contributed by atoms with Crippen molar-refractivity contribution in [2.24, 2.45) is 0 Å². The molecule has 3 N–H and O–H groups in total. The fourth-order valence-electron chi connectivity index (χ4n) is 4.40. The maximum Gasteiger partial charge on any atom is 0.407 e. The van der Waals surface area contributed by atoms with Crippen molar-refractivity contribution in [2.45, 2.75) is 64.0 Å². The molecule has 0 saturated heterocycles. The van der Waals surface area contributed by atoms with Crippen LogP contribution in [0.15, 0.2) is 48.5 Å². The first kappa shape index (κ1) is 24.3. The molecule has 7 heteroatoms. The molecule has 2 atom stereocenters. The molecule has 1 aliphatic carbocycles. The van der Waals surface area contributed by atoms with Gasteiger partial charge < -0.3 is 20.5 Å². The first-order valence-corrected chi connectivity index (χ1v) is 11.6. The minimum Gasteiger partial charge on any atom is -0.480 e. The number of ether oxygens (including phenoxy) is 1. The van der Waals surface area contributed by atoms with Gasteiger partial charge in [-0.2, -0.15) is 0 Å². The summed E-state index contributed by atoms with van der Waals surface area (Å²) in [5.74, 6) is -1.49. The Hall–Kier alpha value is -3.35. The Bertz CT molecular complexity index is 945. The number of carboxylic acid groups (broad SMARTS) is 1. The van der Waals surface area contributed by atoms with E-state index in [1.54, 1.807) is 0 Å². The van der Waals surface area contributed by atoms with E-state index in [0.29, 0.717) is 19.3 Å². The van der Waals surface area contributed by atoms with E-state index in [9.17, 15) is 19.5 Å². The summed E-state index contributed by atoms with van der Waals surface area (Å²) in [6.07, 6.45) is 1.78. The third-order valence-corrected chi connectivity index (χ3v) is 5.95. The van der Waals surface area contributed by atoms with E-state index in [4.69, 9.17) is 4.74 Å². The van der Waals surface area contributed by atoms with Crippen LogP contribution < -0.4 is 10.6 Å². The third kappa shape index (κ3) is 6.12. The van der Waals surface area contributed by atoms with Gasteiger partial charge in [0, 0.05) is 18.4 Å². The van der Waals surface area contributed by atoms with E-state index in [-0.39, 0.29) is 18.9 Å².